The zero-order valence-electron chi connectivity index (χ0n) is 33.2. The number of pyridine rings is 1. The largest absolute Gasteiger partial charge is 0.497 e. The first-order valence-corrected chi connectivity index (χ1v) is 21.2. The Balaban J connectivity index is 1.36. The summed E-state index contributed by atoms with van der Waals surface area (Å²) in [6.07, 6.45) is -2.69. The maximum Gasteiger partial charge on any atom is 0.427 e. The Morgan fingerprint density at radius 3 is 2.47 bits per heavy atom. The van der Waals surface area contributed by atoms with Gasteiger partial charge in [0.2, 0.25) is 33.3 Å². The average Bonchev–Trinajstić information content (AvgIpc) is 4.05. The molecule has 6 rings (SSSR count). The fraction of sp³-hybridized carbons (Fsp3) is 0.615. The van der Waals surface area contributed by atoms with Crippen LogP contribution in [0, 0.1) is 17.8 Å². The van der Waals surface area contributed by atoms with E-state index < -0.39 is 92.6 Å². The molecule has 14 nitrogen and oxygen atoms in total. The van der Waals surface area contributed by atoms with Gasteiger partial charge >= 0.3 is 12.3 Å². The normalized spacial score (nSPS) is 29.2. The van der Waals surface area contributed by atoms with Crippen LogP contribution in [0.25, 0.3) is 10.8 Å². The number of carbonyl (C=O) groups is 4. The van der Waals surface area contributed by atoms with E-state index in [1.807, 2.05) is 11.6 Å². The minimum Gasteiger partial charge on any atom is -0.497 e. The standard InChI is InChI=1S/C39H48ClF4N5O9S/c1-21-8-6-7-9-24-18-38(24,34(52)48-59(54,55)37(20-41)12-13-37)47-31(50)28-17-26(57-32-27-11-10-25(56-5)15-23(27)16-29(40)45-32)19-49(28)33(51)30(22(2)14-21)46-35(53)58-36(3,4)39(42,43)44/h7,9-11,15-16,21-22,24,26,28,30H,6,8,12-14,17-20H2,1-5H3,(H,46,53)(H,47,50)(H,48,52)/b9-7-/t21-,22-,24-,26-,28+,30+,38-/m1/s1. The van der Waals surface area contributed by atoms with Crippen molar-refractivity contribution in [3.8, 4) is 11.6 Å². The van der Waals surface area contributed by atoms with E-state index in [0.29, 0.717) is 49.6 Å². The number of halogens is 5. The van der Waals surface area contributed by atoms with Crippen molar-refractivity contribution < 1.29 is 59.4 Å². The van der Waals surface area contributed by atoms with Gasteiger partial charge in [-0.15, -0.1) is 0 Å². The molecule has 0 spiro atoms. The average molecular weight is 874 g/mol. The molecule has 0 bridgehead atoms. The lowest BCUT2D eigenvalue weighted by molar-refractivity contribution is -0.244. The number of amides is 4. The van der Waals surface area contributed by atoms with Crippen molar-refractivity contribution in [2.45, 2.75) is 113 Å². The fourth-order valence-electron chi connectivity index (χ4n) is 7.74. The van der Waals surface area contributed by atoms with E-state index in [1.165, 1.54) is 7.11 Å². The Bertz CT molecular complexity index is 2140. The monoisotopic (exact) mass is 873 g/mol. The van der Waals surface area contributed by atoms with Gasteiger partial charge in [0.25, 0.3) is 5.91 Å². The number of nitrogens with zero attached hydrogens (tertiary/aromatic N) is 2. The van der Waals surface area contributed by atoms with Gasteiger partial charge in [0.05, 0.1) is 13.7 Å². The van der Waals surface area contributed by atoms with Crippen molar-refractivity contribution in [3.05, 3.63) is 41.6 Å². The van der Waals surface area contributed by atoms with Crippen LogP contribution in [0.1, 0.15) is 72.6 Å². The summed E-state index contributed by atoms with van der Waals surface area (Å²) in [5.41, 5.74) is -4.70. The van der Waals surface area contributed by atoms with Crippen molar-refractivity contribution in [1.82, 2.24) is 25.2 Å². The first-order valence-electron chi connectivity index (χ1n) is 19.3. The third-order valence-corrected chi connectivity index (χ3v) is 14.1. The van der Waals surface area contributed by atoms with E-state index in [9.17, 15) is 45.2 Å². The first kappa shape index (κ1) is 44.2. The van der Waals surface area contributed by atoms with Crippen LogP contribution in [0.3, 0.4) is 0 Å². The molecule has 3 heterocycles. The number of carbonyl (C=O) groups excluding carboxylic acids is 4. The van der Waals surface area contributed by atoms with E-state index in [1.54, 1.807) is 43.3 Å². The van der Waals surface area contributed by atoms with E-state index in [4.69, 9.17) is 25.8 Å². The number of aromatic nitrogens is 1. The summed E-state index contributed by atoms with van der Waals surface area (Å²) in [4.78, 5) is 61.7. The molecule has 324 valence electrons. The fourth-order valence-corrected chi connectivity index (χ4v) is 9.36. The number of allylic oxidation sites excluding steroid dienone is 1. The zero-order chi connectivity index (χ0) is 43.3. The molecule has 59 heavy (non-hydrogen) atoms. The third kappa shape index (κ3) is 9.05. The summed E-state index contributed by atoms with van der Waals surface area (Å²) in [6, 6.07) is 3.74. The molecule has 2 aromatic rings. The highest BCUT2D eigenvalue weighted by molar-refractivity contribution is 7.91. The lowest BCUT2D eigenvalue weighted by Crippen LogP contribution is -2.60. The summed E-state index contributed by atoms with van der Waals surface area (Å²) in [5, 5.41) is 6.22. The van der Waals surface area contributed by atoms with Crippen LogP contribution in [-0.2, 0) is 29.1 Å². The number of alkyl halides is 4. The maximum atomic E-state index is 14.7. The molecule has 3 fully saturated rings. The van der Waals surface area contributed by atoms with Crippen molar-refractivity contribution in [1.29, 1.82) is 0 Å². The van der Waals surface area contributed by atoms with Crippen LogP contribution in [0.15, 0.2) is 36.4 Å². The molecule has 3 N–H and O–H groups in total. The summed E-state index contributed by atoms with van der Waals surface area (Å²) in [5.74, 6) is -3.62. The van der Waals surface area contributed by atoms with Gasteiger partial charge in [-0.25, -0.2) is 22.6 Å². The van der Waals surface area contributed by atoms with Gasteiger partial charge in [-0.1, -0.05) is 37.6 Å². The Hall–Kier alpha value is -4.39. The number of rotatable bonds is 9. The molecule has 1 saturated heterocycles. The molecular weight excluding hydrogens is 826 g/mol. The Kier molecular flexibility index (Phi) is 12.2. The van der Waals surface area contributed by atoms with Gasteiger partial charge in [-0.05, 0) is 93.9 Å². The van der Waals surface area contributed by atoms with Crippen molar-refractivity contribution >= 4 is 56.2 Å². The van der Waals surface area contributed by atoms with Gasteiger partial charge in [0, 0.05) is 17.7 Å². The number of methoxy groups -OCH3 is 1. The molecule has 0 radical (unpaired) electrons. The molecule has 1 aromatic heterocycles. The number of nitrogens with one attached hydrogen (secondary N) is 3. The summed E-state index contributed by atoms with van der Waals surface area (Å²) < 4.78 is 98.1. The van der Waals surface area contributed by atoms with Crippen LogP contribution in [0.5, 0.6) is 11.6 Å². The minimum atomic E-state index is -4.94. The number of benzene rings is 1. The van der Waals surface area contributed by atoms with E-state index >= 15 is 0 Å². The smallest absolute Gasteiger partial charge is 0.427 e. The van der Waals surface area contributed by atoms with Gasteiger partial charge in [0.15, 0.2) is 0 Å². The van der Waals surface area contributed by atoms with E-state index in [0.717, 1.165) is 4.90 Å². The topological polar surface area (TPSA) is 182 Å². The number of ether oxygens (including phenoxy) is 3. The third-order valence-electron chi connectivity index (χ3n) is 11.8. The van der Waals surface area contributed by atoms with E-state index in [-0.39, 0.29) is 49.2 Å². The number of sulfonamides is 1. The van der Waals surface area contributed by atoms with Gasteiger partial charge in [0.1, 0.15) is 46.1 Å². The highest BCUT2D eigenvalue weighted by Gasteiger charge is 2.64. The molecule has 2 aliphatic carbocycles. The highest BCUT2D eigenvalue weighted by atomic mass is 35.5. The summed E-state index contributed by atoms with van der Waals surface area (Å²) in [6.45, 7) is 3.40. The molecule has 7 atom stereocenters. The van der Waals surface area contributed by atoms with Crippen molar-refractivity contribution in [3.63, 3.8) is 0 Å². The second kappa shape index (κ2) is 16.2. The predicted molar refractivity (Wildman–Crippen MR) is 207 cm³/mol. The lowest BCUT2D eigenvalue weighted by Gasteiger charge is -2.34. The number of hydrogen-bond donors (Lipinski definition) is 3. The molecule has 0 unspecified atom stereocenters. The van der Waals surface area contributed by atoms with Gasteiger partial charge in [-0.2, -0.15) is 13.2 Å². The molecule has 2 saturated carbocycles. The highest BCUT2D eigenvalue weighted by Crippen LogP contribution is 2.48. The SMILES string of the molecule is COc1ccc2c(O[C@@H]3C[C@H]4C(=O)N[C@]5(C(=O)NS(=O)(=O)C6(CF)CC6)C[C@H]5/C=C\CC[C@@H](C)C[C@@H](C)[C@H](NC(=O)OC(C)(C)C(F)(F)F)C(=O)N4C3)nc(Cl)cc2c1. The van der Waals surface area contributed by atoms with Crippen molar-refractivity contribution in [2.75, 3.05) is 20.3 Å². The molecule has 4 aliphatic rings. The van der Waals surface area contributed by atoms with Crippen LogP contribution < -0.4 is 24.8 Å². The first-order chi connectivity index (χ1) is 27.5. The second-order valence-electron chi connectivity index (χ2n) is 16.7. The molecule has 2 aliphatic heterocycles. The number of hydrogen-bond acceptors (Lipinski definition) is 10. The van der Waals surface area contributed by atoms with Crippen molar-refractivity contribution in [2.24, 2.45) is 17.8 Å². The van der Waals surface area contributed by atoms with Crippen LogP contribution >= 0.6 is 11.6 Å². The quantitative estimate of drug-likeness (QED) is 0.165. The Morgan fingerprint density at radius 1 is 1.12 bits per heavy atom. The second-order valence-corrected chi connectivity index (χ2v) is 19.1. The Labute approximate surface area is 344 Å². The molecule has 1 aromatic carbocycles. The van der Waals surface area contributed by atoms with Gasteiger partial charge < -0.3 is 29.7 Å². The number of alkyl carbamates (subject to hydrolysis) is 1. The predicted octanol–water partition coefficient (Wildman–Crippen LogP) is 5.52. The lowest BCUT2D eigenvalue weighted by atomic mass is 9.88. The summed E-state index contributed by atoms with van der Waals surface area (Å²) in [7, 11) is -2.99. The molecule has 4 amide bonds. The maximum absolute atomic E-state index is 14.7. The zero-order valence-corrected chi connectivity index (χ0v) is 34.7. The van der Waals surface area contributed by atoms with Gasteiger partial charge in [-0.3, -0.25) is 19.1 Å². The molecule has 20 heteroatoms. The number of fused-ring (bicyclic) bond motifs is 3. The molecular formula is C39H48ClF4N5O9S. The Morgan fingerprint density at radius 2 is 1.83 bits per heavy atom. The van der Waals surface area contributed by atoms with Crippen LogP contribution in [-0.4, -0.2) is 103 Å². The van der Waals surface area contributed by atoms with Crippen LogP contribution in [0.4, 0.5) is 22.4 Å². The van der Waals surface area contributed by atoms with Crippen LogP contribution in [0.2, 0.25) is 5.15 Å². The summed E-state index contributed by atoms with van der Waals surface area (Å²) >= 11 is 6.35. The minimum absolute atomic E-state index is 0.000695. The van der Waals surface area contributed by atoms with E-state index in [2.05, 4.69) is 15.6 Å².